The first-order valence-corrected chi connectivity index (χ1v) is 22.1. The fourth-order valence-corrected chi connectivity index (χ4v) is 5.58. The first-order chi connectivity index (χ1) is 27.0. The van der Waals surface area contributed by atoms with Crippen LogP contribution in [0.4, 0.5) is 0 Å². The number of hydrogen-bond acceptors (Lipinski definition) is 6. The highest BCUT2D eigenvalue weighted by Gasteiger charge is 2.19. The Labute approximate surface area is 337 Å². The lowest BCUT2D eigenvalue weighted by molar-refractivity contribution is -0.166. The summed E-state index contributed by atoms with van der Waals surface area (Å²) in [5, 5.41) is 0. The molecule has 0 aromatic rings. The van der Waals surface area contributed by atoms with E-state index in [4.69, 9.17) is 14.2 Å². The summed E-state index contributed by atoms with van der Waals surface area (Å²) < 4.78 is 16.5. The van der Waals surface area contributed by atoms with E-state index in [0.29, 0.717) is 19.3 Å². The lowest BCUT2D eigenvalue weighted by atomic mass is 10.1. The monoisotopic (exact) mass is 765 g/mol. The minimum atomic E-state index is -0.815. The molecule has 0 saturated carbocycles. The number of allylic oxidation sites excluding steroid dienone is 14. The van der Waals surface area contributed by atoms with Crippen LogP contribution < -0.4 is 0 Å². The zero-order valence-electron chi connectivity index (χ0n) is 35.4. The molecule has 0 bridgehead atoms. The highest BCUT2D eigenvalue weighted by molar-refractivity contribution is 5.71. The second kappa shape index (κ2) is 43.3. The Bertz CT molecular complexity index is 1110. The van der Waals surface area contributed by atoms with E-state index in [1.165, 1.54) is 38.5 Å². The van der Waals surface area contributed by atoms with Gasteiger partial charge in [0.15, 0.2) is 6.10 Å². The van der Waals surface area contributed by atoms with E-state index in [1.54, 1.807) is 0 Å². The average molecular weight is 765 g/mol. The number of ether oxygens (including phenoxy) is 3. The predicted molar refractivity (Wildman–Crippen MR) is 233 cm³/mol. The van der Waals surface area contributed by atoms with Crippen molar-refractivity contribution in [2.75, 3.05) is 13.2 Å². The molecule has 0 aromatic heterocycles. The molecule has 55 heavy (non-hydrogen) atoms. The predicted octanol–water partition coefficient (Wildman–Crippen LogP) is 14.1. The fraction of sp³-hybridized carbons (Fsp3) is 0.653. The van der Waals surface area contributed by atoms with Crippen LogP contribution in [0.1, 0.15) is 188 Å². The Morgan fingerprint density at radius 3 is 1.22 bits per heavy atom. The molecular formula is C49H80O6. The fourth-order valence-electron chi connectivity index (χ4n) is 5.58. The molecular weight excluding hydrogens is 685 g/mol. The summed E-state index contributed by atoms with van der Waals surface area (Å²) >= 11 is 0. The van der Waals surface area contributed by atoms with Gasteiger partial charge in [-0.05, 0) is 83.5 Å². The van der Waals surface area contributed by atoms with Crippen molar-refractivity contribution in [1.82, 2.24) is 0 Å². The Balaban J connectivity index is 4.34. The molecule has 0 N–H and O–H groups in total. The molecule has 0 aliphatic heterocycles. The van der Waals surface area contributed by atoms with Crippen molar-refractivity contribution in [3.05, 3.63) is 85.1 Å². The number of rotatable bonds is 38. The molecule has 312 valence electrons. The van der Waals surface area contributed by atoms with Gasteiger partial charge in [0, 0.05) is 19.3 Å². The SMILES string of the molecule is CC/C=C\C/C=C\C/C=C\C/C=C\CCC(=O)OC(COC(=O)CCCCCCC)COC(=O)CCCCCCCC/C=C\C/C=C\C/C=C\CCCCC. The van der Waals surface area contributed by atoms with Gasteiger partial charge in [-0.2, -0.15) is 0 Å². The van der Waals surface area contributed by atoms with E-state index in [0.717, 1.165) is 103 Å². The maximum absolute atomic E-state index is 12.6. The van der Waals surface area contributed by atoms with Crippen molar-refractivity contribution in [3.8, 4) is 0 Å². The van der Waals surface area contributed by atoms with Crippen molar-refractivity contribution < 1.29 is 28.6 Å². The smallest absolute Gasteiger partial charge is 0.306 e. The quantitative estimate of drug-likeness (QED) is 0.0270. The van der Waals surface area contributed by atoms with Crippen LogP contribution in [-0.2, 0) is 28.6 Å². The third-order valence-electron chi connectivity index (χ3n) is 8.90. The third kappa shape index (κ3) is 41.6. The minimum absolute atomic E-state index is 0.112. The zero-order valence-corrected chi connectivity index (χ0v) is 35.4. The average Bonchev–Trinajstić information content (AvgIpc) is 3.18. The molecule has 6 nitrogen and oxygen atoms in total. The van der Waals surface area contributed by atoms with Gasteiger partial charge in [-0.25, -0.2) is 0 Å². The maximum atomic E-state index is 12.6. The van der Waals surface area contributed by atoms with E-state index < -0.39 is 12.1 Å². The van der Waals surface area contributed by atoms with Gasteiger partial charge in [-0.3, -0.25) is 14.4 Å². The molecule has 0 aliphatic rings. The molecule has 0 saturated heterocycles. The normalized spacial score (nSPS) is 12.9. The topological polar surface area (TPSA) is 78.9 Å². The van der Waals surface area contributed by atoms with Gasteiger partial charge >= 0.3 is 17.9 Å². The number of hydrogen-bond donors (Lipinski definition) is 0. The summed E-state index contributed by atoms with van der Waals surface area (Å²) in [5.41, 5.74) is 0. The highest BCUT2D eigenvalue weighted by atomic mass is 16.6. The number of esters is 3. The molecule has 0 radical (unpaired) electrons. The van der Waals surface area contributed by atoms with E-state index in [1.807, 2.05) is 12.2 Å². The van der Waals surface area contributed by atoms with Gasteiger partial charge in [-0.1, -0.05) is 170 Å². The molecule has 1 atom stereocenters. The Morgan fingerprint density at radius 2 is 0.745 bits per heavy atom. The third-order valence-corrected chi connectivity index (χ3v) is 8.90. The van der Waals surface area contributed by atoms with Crippen LogP contribution >= 0.6 is 0 Å². The molecule has 0 aromatic carbocycles. The van der Waals surface area contributed by atoms with Gasteiger partial charge in [0.25, 0.3) is 0 Å². The lowest BCUT2D eigenvalue weighted by Gasteiger charge is -2.18. The second-order valence-electron chi connectivity index (χ2n) is 14.2. The molecule has 6 heteroatoms. The minimum Gasteiger partial charge on any atom is -0.462 e. The summed E-state index contributed by atoms with van der Waals surface area (Å²) in [6.45, 7) is 6.30. The van der Waals surface area contributed by atoms with Crippen molar-refractivity contribution in [3.63, 3.8) is 0 Å². The summed E-state index contributed by atoms with van der Waals surface area (Å²) in [7, 11) is 0. The summed E-state index contributed by atoms with van der Waals surface area (Å²) in [5.74, 6) is -1.03. The van der Waals surface area contributed by atoms with Gasteiger partial charge in [0.05, 0.1) is 0 Å². The Hall–Kier alpha value is -3.41. The maximum Gasteiger partial charge on any atom is 0.306 e. The first kappa shape index (κ1) is 51.6. The van der Waals surface area contributed by atoms with Crippen molar-refractivity contribution in [2.45, 2.75) is 194 Å². The van der Waals surface area contributed by atoms with E-state index in [-0.39, 0.29) is 31.6 Å². The Kier molecular flexibility index (Phi) is 40.6. The molecule has 0 amide bonds. The van der Waals surface area contributed by atoms with Crippen molar-refractivity contribution >= 4 is 17.9 Å². The first-order valence-electron chi connectivity index (χ1n) is 22.1. The van der Waals surface area contributed by atoms with Crippen LogP contribution in [0.25, 0.3) is 0 Å². The zero-order chi connectivity index (χ0) is 40.1. The van der Waals surface area contributed by atoms with Crippen molar-refractivity contribution in [1.29, 1.82) is 0 Å². The summed E-state index contributed by atoms with van der Waals surface area (Å²) in [6, 6.07) is 0. The van der Waals surface area contributed by atoms with E-state index in [9.17, 15) is 14.4 Å². The van der Waals surface area contributed by atoms with Crippen LogP contribution in [0, 0.1) is 0 Å². The molecule has 0 heterocycles. The highest BCUT2D eigenvalue weighted by Crippen LogP contribution is 2.11. The van der Waals surface area contributed by atoms with Crippen LogP contribution in [0.15, 0.2) is 85.1 Å². The second-order valence-corrected chi connectivity index (χ2v) is 14.2. The largest absolute Gasteiger partial charge is 0.462 e. The van der Waals surface area contributed by atoms with E-state index >= 15 is 0 Å². The molecule has 0 rings (SSSR count). The van der Waals surface area contributed by atoms with Gasteiger partial charge in [0.1, 0.15) is 13.2 Å². The number of unbranched alkanes of at least 4 members (excludes halogenated alkanes) is 13. The number of carbonyl (C=O) groups excluding carboxylic acids is 3. The standard InChI is InChI=1S/C49H80O6/c1-4-7-10-13-15-17-19-21-22-23-24-25-26-28-29-31-33-36-39-42-48(51)54-45-46(44-53-47(50)41-38-35-12-9-6-3)55-49(52)43-40-37-34-32-30-27-20-18-16-14-11-8-5-2/h8,11,15-18,21-22,24-25,27,30,34,37,46H,4-7,9-10,12-14,19-20,23,26,28-29,31-33,35-36,38-45H2,1-3H3/b11-8-,17-15-,18-16-,22-21-,25-24-,30-27-,37-34-. The van der Waals surface area contributed by atoms with Crippen LogP contribution in [-0.4, -0.2) is 37.2 Å². The molecule has 0 fully saturated rings. The lowest BCUT2D eigenvalue weighted by Crippen LogP contribution is -2.30. The van der Waals surface area contributed by atoms with Crippen LogP contribution in [0.3, 0.4) is 0 Å². The summed E-state index contributed by atoms with van der Waals surface area (Å²) in [4.78, 5) is 37.4. The number of carbonyl (C=O) groups is 3. The van der Waals surface area contributed by atoms with Gasteiger partial charge < -0.3 is 14.2 Å². The van der Waals surface area contributed by atoms with Crippen LogP contribution in [0.5, 0.6) is 0 Å². The van der Waals surface area contributed by atoms with E-state index in [2.05, 4.69) is 93.7 Å². The molecule has 0 aliphatic carbocycles. The van der Waals surface area contributed by atoms with Gasteiger partial charge in [-0.15, -0.1) is 0 Å². The van der Waals surface area contributed by atoms with Crippen molar-refractivity contribution in [2.24, 2.45) is 0 Å². The van der Waals surface area contributed by atoms with Crippen LogP contribution in [0.2, 0.25) is 0 Å². The van der Waals surface area contributed by atoms with Gasteiger partial charge in [0.2, 0.25) is 0 Å². The molecule has 1 unspecified atom stereocenters. The molecule has 0 spiro atoms. The summed E-state index contributed by atoms with van der Waals surface area (Å²) in [6.07, 6.45) is 54.7. The Morgan fingerprint density at radius 1 is 0.382 bits per heavy atom.